The summed E-state index contributed by atoms with van der Waals surface area (Å²) >= 11 is 0. The van der Waals surface area contributed by atoms with Crippen molar-refractivity contribution in [2.75, 3.05) is 19.7 Å². The molecule has 1 atom stereocenters. The average Bonchev–Trinajstić information content (AvgIpc) is 2.89. The summed E-state index contributed by atoms with van der Waals surface area (Å²) < 4.78 is 5.65. The summed E-state index contributed by atoms with van der Waals surface area (Å²) in [5.41, 5.74) is -0.646. The Hall–Kier alpha value is -1.55. The van der Waals surface area contributed by atoms with Crippen molar-refractivity contribution < 1.29 is 14.6 Å². The summed E-state index contributed by atoms with van der Waals surface area (Å²) in [4.78, 5) is 13.7. The number of hydrogen-bond donors (Lipinski definition) is 1. The molecule has 1 saturated heterocycles. The van der Waals surface area contributed by atoms with Crippen LogP contribution in [0.3, 0.4) is 0 Å². The third-order valence-corrected chi connectivity index (χ3v) is 4.19. The van der Waals surface area contributed by atoms with Crippen molar-refractivity contribution in [3.63, 3.8) is 0 Å². The normalized spacial score (nSPS) is 22.9. The molecule has 1 unspecified atom stereocenters. The van der Waals surface area contributed by atoms with Gasteiger partial charge < -0.3 is 9.84 Å². The van der Waals surface area contributed by atoms with E-state index in [9.17, 15) is 9.90 Å². The van der Waals surface area contributed by atoms with E-state index in [4.69, 9.17) is 4.74 Å². The molecule has 1 fully saturated rings. The molecule has 0 aromatic heterocycles. The molecular formula is C16H23NO3. The summed E-state index contributed by atoms with van der Waals surface area (Å²) in [5, 5.41) is 9.50. The first kappa shape index (κ1) is 14.9. The average molecular weight is 277 g/mol. The van der Waals surface area contributed by atoms with Crippen molar-refractivity contribution in [3.8, 4) is 5.75 Å². The van der Waals surface area contributed by atoms with Crippen LogP contribution in [0.2, 0.25) is 0 Å². The molecule has 4 heteroatoms. The van der Waals surface area contributed by atoms with Crippen LogP contribution in [0.15, 0.2) is 30.3 Å². The van der Waals surface area contributed by atoms with Gasteiger partial charge in [-0.3, -0.25) is 9.69 Å². The SMILES string of the molecule is CCC1(C(=O)O)CCCN1CCCOc1ccccc1. The van der Waals surface area contributed by atoms with Crippen molar-refractivity contribution >= 4 is 5.97 Å². The largest absolute Gasteiger partial charge is 0.494 e. The third-order valence-electron chi connectivity index (χ3n) is 4.19. The molecule has 1 aromatic carbocycles. The zero-order valence-electron chi connectivity index (χ0n) is 12.0. The molecule has 110 valence electrons. The van der Waals surface area contributed by atoms with E-state index in [-0.39, 0.29) is 0 Å². The lowest BCUT2D eigenvalue weighted by Gasteiger charge is -2.33. The predicted molar refractivity (Wildman–Crippen MR) is 78.0 cm³/mol. The highest BCUT2D eigenvalue weighted by molar-refractivity contribution is 5.79. The highest BCUT2D eigenvalue weighted by Gasteiger charge is 2.45. The molecule has 0 saturated carbocycles. The molecule has 20 heavy (non-hydrogen) atoms. The standard InChI is InChI=1S/C16H23NO3/c1-2-16(15(18)19)10-6-11-17(16)12-7-13-20-14-8-4-3-5-9-14/h3-5,8-9H,2,6-7,10-13H2,1H3,(H,18,19). The number of carboxylic acid groups (broad SMARTS) is 1. The Morgan fingerprint density at radius 2 is 2.15 bits per heavy atom. The minimum Gasteiger partial charge on any atom is -0.494 e. The van der Waals surface area contributed by atoms with Crippen LogP contribution in [0.25, 0.3) is 0 Å². The first-order chi connectivity index (χ1) is 9.69. The number of likely N-dealkylation sites (tertiary alicyclic amines) is 1. The first-order valence-electron chi connectivity index (χ1n) is 7.35. The van der Waals surface area contributed by atoms with Crippen LogP contribution >= 0.6 is 0 Å². The number of nitrogens with zero attached hydrogens (tertiary/aromatic N) is 1. The van der Waals surface area contributed by atoms with Crippen LogP contribution in [0.1, 0.15) is 32.6 Å². The molecule has 0 aliphatic carbocycles. The minimum atomic E-state index is -0.679. The molecule has 1 aliphatic heterocycles. The van der Waals surface area contributed by atoms with Gasteiger partial charge in [0.05, 0.1) is 6.61 Å². The monoisotopic (exact) mass is 277 g/mol. The number of carboxylic acids is 1. The van der Waals surface area contributed by atoms with E-state index in [0.29, 0.717) is 13.0 Å². The number of rotatable bonds is 7. The second-order valence-electron chi connectivity index (χ2n) is 5.30. The Bertz CT molecular complexity index is 435. The topological polar surface area (TPSA) is 49.8 Å². The maximum atomic E-state index is 11.5. The van der Waals surface area contributed by atoms with E-state index in [0.717, 1.165) is 38.1 Å². The van der Waals surface area contributed by atoms with Gasteiger partial charge in [-0.05, 0) is 44.4 Å². The van der Waals surface area contributed by atoms with Crippen molar-refractivity contribution in [2.24, 2.45) is 0 Å². The molecule has 1 heterocycles. The van der Waals surface area contributed by atoms with Gasteiger partial charge in [-0.1, -0.05) is 25.1 Å². The van der Waals surface area contributed by atoms with Crippen LogP contribution in [0, 0.1) is 0 Å². The predicted octanol–water partition coefficient (Wildman–Crippen LogP) is 2.78. The fourth-order valence-electron chi connectivity index (χ4n) is 3.02. The molecule has 0 spiro atoms. The smallest absolute Gasteiger partial charge is 0.324 e. The van der Waals surface area contributed by atoms with E-state index >= 15 is 0 Å². The van der Waals surface area contributed by atoms with Crippen LogP contribution in [0.4, 0.5) is 0 Å². The van der Waals surface area contributed by atoms with Gasteiger partial charge >= 0.3 is 5.97 Å². The zero-order valence-corrected chi connectivity index (χ0v) is 12.0. The van der Waals surface area contributed by atoms with Crippen molar-refractivity contribution in [3.05, 3.63) is 30.3 Å². The summed E-state index contributed by atoms with van der Waals surface area (Å²) in [6, 6.07) is 9.72. The summed E-state index contributed by atoms with van der Waals surface area (Å²) in [6.45, 7) is 4.26. The van der Waals surface area contributed by atoms with Gasteiger partial charge in [0.25, 0.3) is 0 Å². The van der Waals surface area contributed by atoms with E-state index in [1.54, 1.807) is 0 Å². The summed E-state index contributed by atoms with van der Waals surface area (Å²) in [6.07, 6.45) is 3.25. The number of hydrogen-bond acceptors (Lipinski definition) is 3. The van der Waals surface area contributed by atoms with Gasteiger partial charge in [-0.25, -0.2) is 0 Å². The number of carbonyl (C=O) groups is 1. The molecule has 2 rings (SSSR count). The van der Waals surface area contributed by atoms with Gasteiger partial charge in [0.2, 0.25) is 0 Å². The lowest BCUT2D eigenvalue weighted by molar-refractivity contribution is -0.150. The second-order valence-corrected chi connectivity index (χ2v) is 5.30. The number of ether oxygens (including phenoxy) is 1. The maximum Gasteiger partial charge on any atom is 0.324 e. The van der Waals surface area contributed by atoms with Crippen LogP contribution in [-0.4, -0.2) is 41.2 Å². The molecule has 0 amide bonds. The first-order valence-corrected chi connectivity index (χ1v) is 7.35. The van der Waals surface area contributed by atoms with Crippen molar-refractivity contribution in [1.29, 1.82) is 0 Å². The van der Waals surface area contributed by atoms with Gasteiger partial charge in [-0.15, -0.1) is 0 Å². The number of benzene rings is 1. The van der Waals surface area contributed by atoms with Gasteiger partial charge in [0, 0.05) is 6.54 Å². The molecule has 1 N–H and O–H groups in total. The summed E-state index contributed by atoms with van der Waals surface area (Å²) in [5.74, 6) is 0.190. The lowest BCUT2D eigenvalue weighted by atomic mass is 9.93. The van der Waals surface area contributed by atoms with Crippen LogP contribution in [0.5, 0.6) is 5.75 Å². The van der Waals surface area contributed by atoms with E-state index in [1.165, 1.54) is 0 Å². The Labute approximate surface area is 120 Å². The second kappa shape index (κ2) is 6.75. The highest BCUT2D eigenvalue weighted by atomic mass is 16.5. The van der Waals surface area contributed by atoms with Gasteiger partial charge in [0.15, 0.2) is 0 Å². The molecule has 1 aliphatic rings. The Kier molecular flexibility index (Phi) is 5.01. The maximum absolute atomic E-state index is 11.5. The minimum absolute atomic E-state index is 0.625. The zero-order chi connectivity index (χ0) is 14.4. The van der Waals surface area contributed by atoms with Crippen LogP contribution < -0.4 is 4.74 Å². The fourth-order valence-corrected chi connectivity index (χ4v) is 3.02. The molecule has 0 bridgehead atoms. The van der Waals surface area contributed by atoms with E-state index in [2.05, 4.69) is 4.90 Å². The van der Waals surface area contributed by atoms with Gasteiger partial charge in [0.1, 0.15) is 11.3 Å². The van der Waals surface area contributed by atoms with Crippen molar-refractivity contribution in [1.82, 2.24) is 4.90 Å². The van der Waals surface area contributed by atoms with Crippen LogP contribution in [-0.2, 0) is 4.79 Å². The number of para-hydroxylation sites is 1. The Morgan fingerprint density at radius 3 is 2.80 bits per heavy atom. The van der Waals surface area contributed by atoms with E-state index in [1.807, 2.05) is 37.3 Å². The van der Waals surface area contributed by atoms with Gasteiger partial charge in [-0.2, -0.15) is 0 Å². The molecular weight excluding hydrogens is 254 g/mol. The quantitative estimate of drug-likeness (QED) is 0.779. The van der Waals surface area contributed by atoms with E-state index < -0.39 is 11.5 Å². The molecule has 0 radical (unpaired) electrons. The highest BCUT2D eigenvalue weighted by Crippen LogP contribution is 2.32. The van der Waals surface area contributed by atoms with Crippen molar-refractivity contribution in [2.45, 2.75) is 38.1 Å². The lowest BCUT2D eigenvalue weighted by Crippen LogP contribution is -2.50. The summed E-state index contributed by atoms with van der Waals surface area (Å²) in [7, 11) is 0. The molecule has 1 aromatic rings. The molecule has 4 nitrogen and oxygen atoms in total. The Morgan fingerprint density at radius 1 is 1.40 bits per heavy atom. The third kappa shape index (κ3) is 3.12. The Balaban J connectivity index is 1.80. The number of aliphatic carboxylic acids is 1. The fraction of sp³-hybridized carbons (Fsp3) is 0.562.